The van der Waals surface area contributed by atoms with Crippen LogP contribution < -0.4 is 21.7 Å². The second-order valence-corrected chi connectivity index (χ2v) is 8.45. The summed E-state index contributed by atoms with van der Waals surface area (Å²) in [4.78, 5) is 49.1. The van der Waals surface area contributed by atoms with Gasteiger partial charge in [0.25, 0.3) is 0 Å². The van der Waals surface area contributed by atoms with E-state index in [1.54, 1.807) is 26.0 Å². The highest BCUT2D eigenvalue weighted by Crippen LogP contribution is 2.12. The van der Waals surface area contributed by atoms with Crippen LogP contribution in [0, 0.1) is 11.8 Å². The van der Waals surface area contributed by atoms with Crippen LogP contribution >= 0.6 is 0 Å². The van der Waals surface area contributed by atoms with Crippen molar-refractivity contribution in [1.82, 2.24) is 16.0 Å². The van der Waals surface area contributed by atoms with Crippen molar-refractivity contribution in [3.05, 3.63) is 29.8 Å². The second-order valence-electron chi connectivity index (χ2n) is 8.45. The van der Waals surface area contributed by atoms with Gasteiger partial charge in [0.05, 0.1) is 6.54 Å². The maximum Gasteiger partial charge on any atom is 0.326 e. The summed E-state index contributed by atoms with van der Waals surface area (Å²) in [5.41, 5.74) is 6.03. The number of benzene rings is 1. The quantitative estimate of drug-likeness (QED) is 0.263. The highest BCUT2D eigenvalue weighted by molar-refractivity contribution is 5.93. The molecule has 0 fully saturated rings. The molecule has 32 heavy (non-hydrogen) atoms. The fourth-order valence-electron chi connectivity index (χ4n) is 3.07. The number of aromatic hydroxyl groups is 1. The summed E-state index contributed by atoms with van der Waals surface area (Å²) in [5.74, 6) is -3.15. The molecule has 1 aromatic rings. The Morgan fingerprint density at radius 1 is 0.906 bits per heavy atom. The van der Waals surface area contributed by atoms with Crippen molar-refractivity contribution in [2.24, 2.45) is 17.6 Å². The number of aliphatic carboxylic acids is 1. The van der Waals surface area contributed by atoms with Gasteiger partial charge in [0, 0.05) is 6.42 Å². The Morgan fingerprint density at radius 3 is 1.97 bits per heavy atom. The third-order valence-corrected chi connectivity index (χ3v) is 4.78. The van der Waals surface area contributed by atoms with Crippen molar-refractivity contribution in [3.63, 3.8) is 0 Å². The van der Waals surface area contributed by atoms with Gasteiger partial charge in [0.2, 0.25) is 17.7 Å². The average Bonchev–Trinajstić information content (AvgIpc) is 2.71. The van der Waals surface area contributed by atoms with Gasteiger partial charge in [-0.15, -0.1) is 0 Å². The highest BCUT2D eigenvalue weighted by atomic mass is 16.4. The van der Waals surface area contributed by atoms with Gasteiger partial charge in [-0.05, 0) is 36.0 Å². The summed E-state index contributed by atoms with van der Waals surface area (Å²) in [6.45, 7) is 6.81. The van der Waals surface area contributed by atoms with E-state index in [1.807, 2.05) is 13.8 Å². The molecule has 0 bridgehead atoms. The Kier molecular flexibility index (Phi) is 10.6. The molecule has 0 aliphatic rings. The van der Waals surface area contributed by atoms with Crippen LogP contribution in [0.5, 0.6) is 5.75 Å². The molecule has 178 valence electrons. The van der Waals surface area contributed by atoms with Crippen LogP contribution in [0.4, 0.5) is 0 Å². The standard InChI is InChI=1S/C22H34N4O6/c1-12(2)9-17(22(31)32)25-21(30)19(13(3)4)26-20(29)16(24-18(28)11-23)10-14-5-7-15(27)8-6-14/h5-8,12-13,16-17,19,27H,9-11,23H2,1-4H3,(H,24,28)(H,25,30)(H,26,29)(H,31,32). The van der Waals surface area contributed by atoms with E-state index >= 15 is 0 Å². The number of amides is 3. The summed E-state index contributed by atoms with van der Waals surface area (Å²) in [6, 6.07) is 3.04. The minimum atomic E-state index is -1.15. The lowest BCUT2D eigenvalue weighted by Gasteiger charge is -2.27. The Hall–Kier alpha value is -3.14. The number of carboxylic acid groups (broad SMARTS) is 1. The molecule has 0 saturated carbocycles. The molecule has 3 unspecified atom stereocenters. The van der Waals surface area contributed by atoms with Gasteiger partial charge in [-0.1, -0.05) is 39.8 Å². The molecular weight excluding hydrogens is 416 g/mol. The van der Waals surface area contributed by atoms with Crippen molar-refractivity contribution < 1.29 is 29.4 Å². The third-order valence-electron chi connectivity index (χ3n) is 4.78. The van der Waals surface area contributed by atoms with Crippen molar-refractivity contribution in [1.29, 1.82) is 0 Å². The number of phenolic OH excluding ortho intramolecular Hbond substituents is 1. The van der Waals surface area contributed by atoms with Gasteiger partial charge in [0.1, 0.15) is 23.9 Å². The fraction of sp³-hybridized carbons (Fsp3) is 0.545. The van der Waals surface area contributed by atoms with E-state index in [1.165, 1.54) is 12.1 Å². The first-order valence-electron chi connectivity index (χ1n) is 10.5. The highest BCUT2D eigenvalue weighted by Gasteiger charge is 2.31. The number of nitrogens with one attached hydrogen (secondary N) is 3. The predicted octanol–water partition coefficient (Wildman–Crippen LogP) is 0.135. The zero-order valence-electron chi connectivity index (χ0n) is 18.9. The molecule has 1 aromatic carbocycles. The normalized spacial score (nSPS) is 13.8. The Labute approximate surface area is 187 Å². The van der Waals surface area contributed by atoms with Crippen LogP contribution in [0.15, 0.2) is 24.3 Å². The first-order valence-corrected chi connectivity index (χ1v) is 10.5. The molecule has 7 N–H and O–H groups in total. The van der Waals surface area contributed by atoms with Crippen LogP contribution in [-0.2, 0) is 25.6 Å². The third kappa shape index (κ3) is 8.93. The topological polar surface area (TPSA) is 171 Å². The van der Waals surface area contributed by atoms with Crippen LogP contribution in [0.25, 0.3) is 0 Å². The minimum Gasteiger partial charge on any atom is -0.508 e. The number of hydrogen-bond donors (Lipinski definition) is 6. The molecule has 0 radical (unpaired) electrons. The second kappa shape index (κ2) is 12.7. The van der Waals surface area contributed by atoms with Gasteiger partial charge >= 0.3 is 5.97 Å². The van der Waals surface area contributed by atoms with E-state index in [0.29, 0.717) is 5.56 Å². The molecule has 0 spiro atoms. The zero-order chi connectivity index (χ0) is 24.4. The molecule has 0 aliphatic carbocycles. The first-order chi connectivity index (χ1) is 14.9. The predicted molar refractivity (Wildman–Crippen MR) is 119 cm³/mol. The molecule has 10 nitrogen and oxygen atoms in total. The zero-order valence-corrected chi connectivity index (χ0v) is 18.9. The number of hydrogen-bond acceptors (Lipinski definition) is 6. The number of phenols is 1. The van der Waals surface area contributed by atoms with Crippen LogP contribution in [0.1, 0.15) is 39.7 Å². The van der Waals surface area contributed by atoms with E-state index in [4.69, 9.17) is 5.73 Å². The summed E-state index contributed by atoms with van der Waals surface area (Å²) >= 11 is 0. The molecule has 1 rings (SSSR count). The van der Waals surface area contributed by atoms with E-state index in [9.17, 15) is 29.4 Å². The summed E-state index contributed by atoms with van der Waals surface area (Å²) in [6.07, 6.45) is 0.352. The van der Waals surface area contributed by atoms with E-state index in [0.717, 1.165) is 0 Å². The van der Waals surface area contributed by atoms with Gasteiger partial charge in [-0.3, -0.25) is 14.4 Å². The smallest absolute Gasteiger partial charge is 0.326 e. The maximum atomic E-state index is 13.0. The Balaban J connectivity index is 3.00. The monoisotopic (exact) mass is 450 g/mol. The number of carbonyl (C=O) groups is 4. The van der Waals surface area contributed by atoms with Crippen molar-refractivity contribution in [3.8, 4) is 5.75 Å². The number of carboxylic acids is 1. The molecule has 0 aliphatic heterocycles. The maximum absolute atomic E-state index is 13.0. The number of nitrogens with two attached hydrogens (primary N) is 1. The summed E-state index contributed by atoms with van der Waals surface area (Å²) in [7, 11) is 0. The molecule has 10 heteroatoms. The van der Waals surface area contributed by atoms with Crippen LogP contribution in [0.3, 0.4) is 0 Å². The Bertz CT molecular complexity index is 794. The largest absolute Gasteiger partial charge is 0.508 e. The Morgan fingerprint density at radius 2 is 1.50 bits per heavy atom. The first kappa shape index (κ1) is 26.9. The lowest BCUT2D eigenvalue weighted by Crippen LogP contribution is -2.58. The van der Waals surface area contributed by atoms with Crippen LogP contribution in [-0.4, -0.2) is 58.6 Å². The average molecular weight is 451 g/mol. The molecule has 3 amide bonds. The summed E-state index contributed by atoms with van der Waals surface area (Å²) in [5, 5.41) is 26.5. The number of carbonyl (C=O) groups excluding carboxylic acids is 3. The number of rotatable bonds is 12. The van der Waals surface area contributed by atoms with Crippen molar-refractivity contribution >= 4 is 23.7 Å². The van der Waals surface area contributed by atoms with Crippen molar-refractivity contribution in [2.75, 3.05) is 6.54 Å². The molecule has 0 heterocycles. The van der Waals surface area contributed by atoms with Crippen LogP contribution in [0.2, 0.25) is 0 Å². The van der Waals surface area contributed by atoms with E-state index in [2.05, 4.69) is 16.0 Å². The molecule has 0 saturated heterocycles. The molecule has 3 atom stereocenters. The molecule has 0 aromatic heterocycles. The van der Waals surface area contributed by atoms with E-state index in [-0.39, 0.29) is 37.0 Å². The fourth-order valence-corrected chi connectivity index (χ4v) is 3.07. The van der Waals surface area contributed by atoms with Gasteiger partial charge < -0.3 is 31.9 Å². The SMILES string of the molecule is CC(C)CC(NC(=O)C(NC(=O)C(Cc1ccc(O)cc1)NC(=O)CN)C(C)C)C(=O)O. The van der Waals surface area contributed by atoms with Crippen molar-refractivity contribution in [2.45, 2.75) is 58.7 Å². The summed E-state index contributed by atoms with van der Waals surface area (Å²) < 4.78 is 0. The van der Waals surface area contributed by atoms with E-state index < -0.39 is 41.8 Å². The lowest BCUT2D eigenvalue weighted by atomic mass is 9.99. The lowest BCUT2D eigenvalue weighted by molar-refractivity contribution is -0.143. The van der Waals surface area contributed by atoms with Gasteiger partial charge in [-0.2, -0.15) is 0 Å². The van der Waals surface area contributed by atoms with Gasteiger partial charge in [-0.25, -0.2) is 4.79 Å². The van der Waals surface area contributed by atoms with Gasteiger partial charge in [0.15, 0.2) is 0 Å². The molecular formula is C22H34N4O6. The minimum absolute atomic E-state index is 0.0460.